The topological polar surface area (TPSA) is 109 Å². The molecule has 11 heteroatoms. The molecule has 2 aromatic carbocycles. The van der Waals surface area contributed by atoms with Gasteiger partial charge in [-0.15, -0.1) is 0 Å². The first-order valence-electron chi connectivity index (χ1n) is 12.5. The maximum atomic E-state index is 12.1. The van der Waals surface area contributed by atoms with E-state index in [4.69, 9.17) is 26.1 Å². The summed E-state index contributed by atoms with van der Waals surface area (Å²) in [4.78, 5) is 33.5. The highest BCUT2D eigenvalue weighted by Gasteiger charge is 2.30. The lowest BCUT2D eigenvalue weighted by atomic mass is 10.2. The Labute approximate surface area is 226 Å². The van der Waals surface area contributed by atoms with Crippen LogP contribution in [0.5, 0.6) is 17.4 Å². The molecule has 38 heavy (non-hydrogen) atoms. The third kappa shape index (κ3) is 5.60. The summed E-state index contributed by atoms with van der Waals surface area (Å²) in [7, 11) is 1.58. The molecule has 1 fully saturated rings. The van der Waals surface area contributed by atoms with E-state index in [9.17, 15) is 4.79 Å². The smallest absolute Gasteiger partial charge is 0.230 e. The summed E-state index contributed by atoms with van der Waals surface area (Å²) in [5, 5.41) is 3.74. The summed E-state index contributed by atoms with van der Waals surface area (Å²) in [6.45, 7) is 6.07. The zero-order valence-corrected chi connectivity index (χ0v) is 22.3. The highest BCUT2D eigenvalue weighted by Crippen LogP contribution is 2.33. The van der Waals surface area contributed by atoms with Crippen LogP contribution < -0.4 is 19.7 Å². The number of hydrogen-bond acceptors (Lipinski definition) is 8. The zero-order valence-electron chi connectivity index (χ0n) is 21.6. The molecule has 2 N–H and O–H groups in total. The highest BCUT2D eigenvalue weighted by molar-refractivity contribution is 6.32. The molecule has 0 bridgehead atoms. The zero-order chi connectivity index (χ0) is 26.6. The van der Waals surface area contributed by atoms with Gasteiger partial charge in [-0.25, -0.2) is 4.98 Å². The Morgan fingerprint density at radius 2 is 2.05 bits per heavy atom. The fourth-order valence-electron chi connectivity index (χ4n) is 4.68. The second kappa shape index (κ2) is 11.1. The van der Waals surface area contributed by atoms with E-state index in [1.165, 1.54) is 0 Å². The van der Waals surface area contributed by atoms with E-state index in [0.717, 1.165) is 29.8 Å². The number of nitrogens with zero attached hydrogens (tertiary/aromatic N) is 5. The molecule has 1 unspecified atom stereocenters. The molecule has 2 aromatic heterocycles. The van der Waals surface area contributed by atoms with Crippen molar-refractivity contribution in [2.45, 2.75) is 32.9 Å². The van der Waals surface area contributed by atoms with Gasteiger partial charge in [0.15, 0.2) is 0 Å². The van der Waals surface area contributed by atoms with Gasteiger partial charge in [0.25, 0.3) is 0 Å². The lowest BCUT2D eigenvalue weighted by Crippen LogP contribution is -2.40. The molecule has 0 saturated carbocycles. The molecule has 0 spiro atoms. The van der Waals surface area contributed by atoms with Crippen LogP contribution in [-0.2, 0) is 11.3 Å². The van der Waals surface area contributed by atoms with Gasteiger partial charge >= 0.3 is 0 Å². The molecule has 10 nitrogen and oxygen atoms in total. The van der Waals surface area contributed by atoms with Gasteiger partial charge in [-0.3, -0.25) is 4.79 Å². The molecule has 1 aliphatic rings. The molecule has 1 saturated heterocycles. The molecule has 1 atom stereocenters. The van der Waals surface area contributed by atoms with Crippen LogP contribution in [0.1, 0.15) is 26.1 Å². The number of likely N-dealkylation sites (N-methyl/N-ethyl adjacent to an activating group) is 1. The lowest BCUT2D eigenvalue weighted by Gasteiger charge is -2.26. The fraction of sp³-hybridized carbons (Fsp3) is 0.333. The van der Waals surface area contributed by atoms with Gasteiger partial charge in [0.1, 0.15) is 23.1 Å². The van der Waals surface area contributed by atoms with E-state index in [-0.39, 0.29) is 11.9 Å². The predicted octanol–water partition coefficient (Wildman–Crippen LogP) is 4.87. The largest absolute Gasteiger partial charge is 0.497 e. The van der Waals surface area contributed by atoms with Gasteiger partial charge in [0.2, 0.25) is 17.7 Å². The number of halogens is 1. The van der Waals surface area contributed by atoms with E-state index in [1.807, 2.05) is 36.1 Å². The van der Waals surface area contributed by atoms with E-state index >= 15 is 0 Å². The average molecular weight is 536 g/mol. The summed E-state index contributed by atoms with van der Waals surface area (Å²) >= 11 is 6.42. The Kier molecular flexibility index (Phi) is 7.50. The van der Waals surface area contributed by atoms with Crippen molar-refractivity contribution in [3.05, 3.63) is 59.4 Å². The number of anilines is 2. The van der Waals surface area contributed by atoms with Gasteiger partial charge in [0, 0.05) is 38.7 Å². The Morgan fingerprint density at radius 1 is 1.21 bits per heavy atom. The van der Waals surface area contributed by atoms with Crippen molar-refractivity contribution in [2.24, 2.45) is 0 Å². The third-order valence-electron chi connectivity index (χ3n) is 6.55. The van der Waals surface area contributed by atoms with Crippen LogP contribution in [-0.4, -0.2) is 63.5 Å². The standard InChI is InChI=1S/C27H30ClN7O3/c1-4-35(17(2)36)18-11-12-34(16-18)27-32-24(29-15-25-30-21-7-5-6-8-22(21)31-25)14-26(33-27)38-23-10-9-19(37-3)13-20(23)28/h5-10,13-14,18H,4,11-12,15-16H2,1-3H3,(H,30,31)(H,29,32,33). The maximum Gasteiger partial charge on any atom is 0.230 e. The molecule has 1 amide bonds. The van der Waals surface area contributed by atoms with Gasteiger partial charge in [-0.2, -0.15) is 9.97 Å². The first-order valence-corrected chi connectivity index (χ1v) is 12.9. The number of fused-ring (bicyclic) bond motifs is 1. The maximum absolute atomic E-state index is 12.1. The predicted molar refractivity (Wildman–Crippen MR) is 147 cm³/mol. The molecular formula is C27H30ClN7O3. The average Bonchev–Trinajstić information content (AvgIpc) is 3.56. The number of aromatic nitrogens is 4. The van der Waals surface area contributed by atoms with Crippen molar-refractivity contribution >= 4 is 40.3 Å². The van der Waals surface area contributed by atoms with Crippen molar-refractivity contribution in [1.82, 2.24) is 24.8 Å². The molecule has 1 aliphatic heterocycles. The molecule has 4 aromatic rings. The Bertz CT molecular complexity index is 1410. The van der Waals surface area contributed by atoms with Crippen molar-refractivity contribution in [1.29, 1.82) is 0 Å². The lowest BCUT2D eigenvalue weighted by molar-refractivity contribution is -0.130. The number of H-pyrrole nitrogens is 1. The number of carbonyl (C=O) groups is 1. The van der Waals surface area contributed by atoms with Crippen molar-refractivity contribution in [3.63, 3.8) is 0 Å². The number of para-hydroxylation sites is 2. The molecule has 0 aliphatic carbocycles. The second-order valence-electron chi connectivity index (χ2n) is 9.04. The molecule has 0 radical (unpaired) electrons. The number of aromatic amines is 1. The van der Waals surface area contributed by atoms with E-state index in [2.05, 4.69) is 25.2 Å². The second-order valence-corrected chi connectivity index (χ2v) is 9.44. The number of ether oxygens (including phenoxy) is 2. The normalized spacial score (nSPS) is 15.1. The van der Waals surface area contributed by atoms with Crippen LogP contribution in [0.4, 0.5) is 11.8 Å². The minimum Gasteiger partial charge on any atom is -0.497 e. The van der Waals surface area contributed by atoms with E-state index in [1.54, 1.807) is 38.3 Å². The van der Waals surface area contributed by atoms with Crippen LogP contribution in [0.3, 0.4) is 0 Å². The molecule has 5 rings (SSSR count). The Hall–Kier alpha value is -4.05. The summed E-state index contributed by atoms with van der Waals surface area (Å²) in [5.74, 6) is 3.38. The summed E-state index contributed by atoms with van der Waals surface area (Å²) < 4.78 is 11.3. The number of rotatable bonds is 9. The monoisotopic (exact) mass is 535 g/mol. The number of imidazole rings is 1. The SMILES string of the molecule is CCN(C(C)=O)C1CCN(c2nc(NCc3nc4ccccc4[nH]3)cc(Oc3ccc(OC)cc3Cl)n2)C1. The van der Waals surface area contributed by atoms with Gasteiger partial charge in [-0.05, 0) is 37.6 Å². The van der Waals surface area contributed by atoms with Crippen LogP contribution in [0.2, 0.25) is 5.02 Å². The van der Waals surface area contributed by atoms with E-state index in [0.29, 0.717) is 53.8 Å². The third-order valence-corrected chi connectivity index (χ3v) is 6.85. The van der Waals surface area contributed by atoms with Crippen molar-refractivity contribution in [2.75, 3.05) is 37.0 Å². The first-order chi connectivity index (χ1) is 18.4. The molecule has 198 valence electrons. The Morgan fingerprint density at radius 3 is 2.79 bits per heavy atom. The number of amides is 1. The van der Waals surface area contributed by atoms with Crippen LogP contribution >= 0.6 is 11.6 Å². The minimum absolute atomic E-state index is 0.0692. The number of benzene rings is 2. The number of carbonyl (C=O) groups excluding carboxylic acids is 1. The summed E-state index contributed by atoms with van der Waals surface area (Å²) in [5.41, 5.74) is 1.87. The summed E-state index contributed by atoms with van der Waals surface area (Å²) in [6.07, 6.45) is 0.841. The van der Waals surface area contributed by atoms with Crippen molar-refractivity contribution in [3.8, 4) is 17.4 Å². The van der Waals surface area contributed by atoms with Gasteiger partial charge in [-0.1, -0.05) is 23.7 Å². The van der Waals surface area contributed by atoms with Gasteiger partial charge in [0.05, 0.1) is 35.8 Å². The summed E-state index contributed by atoms with van der Waals surface area (Å²) in [6, 6.07) is 14.9. The fourth-order valence-corrected chi connectivity index (χ4v) is 4.89. The number of hydrogen-bond donors (Lipinski definition) is 2. The van der Waals surface area contributed by atoms with E-state index < -0.39 is 0 Å². The molecular weight excluding hydrogens is 506 g/mol. The van der Waals surface area contributed by atoms with Crippen LogP contribution in [0.15, 0.2) is 48.5 Å². The minimum atomic E-state index is 0.0692. The van der Waals surface area contributed by atoms with Crippen molar-refractivity contribution < 1.29 is 14.3 Å². The number of nitrogens with one attached hydrogen (secondary N) is 2. The van der Waals surface area contributed by atoms with Crippen LogP contribution in [0, 0.1) is 0 Å². The van der Waals surface area contributed by atoms with Gasteiger partial charge < -0.3 is 29.6 Å². The molecule has 3 heterocycles. The quantitative estimate of drug-likeness (QED) is 0.312. The Balaban J connectivity index is 1.41. The highest BCUT2D eigenvalue weighted by atomic mass is 35.5. The number of methoxy groups -OCH3 is 1. The van der Waals surface area contributed by atoms with Crippen LogP contribution in [0.25, 0.3) is 11.0 Å². The first kappa shape index (κ1) is 25.6.